The molecule has 176 valence electrons. The van der Waals surface area contributed by atoms with Crippen LogP contribution in [0.5, 0.6) is 17.2 Å². The van der Waals surface area contributed by atoms with Gasteiger partial charge in [0.25, 0.3) is 0 Å². The Kier molecular flexibility index (Phi) is 5.22. The van der Waals surface area contributed by atoms with Crippen LogP contribution in [-0.2, 0) is 16.0 Å². The molecule has 5 atom stereocenters. The maximum absolute atomic E-state index is 12.4. The van der Waals surface area contributed by atoms with Crippen molar-refractivity contribution in [3.05, 3.63) is 83.7 Å². The van der Waals surface area contributed by atoms with E-state index < -0.39 is 35.1 Å². The molecule has 8 nitrogen and oxygen atoms in total. The molecule has 1 aliphatic carbocycles. The number of rotatable bonds is 6. The maximum Gasteiger partial charge on any atom is 0.303 e. The number of aromatic nitrogens is 1. The zero-order valence-electron chi connectivity index (χ0n) is 18.7. The molecule has 2 aliphatic rings. The number of aliphatic carboxylic acids is 1. The molecule has 0 amide bonds. The first kappa shape index (κ1) is 22.2. The molecule has 0 bridgehead atoms. The summed E-state index contributed by atoms with van der Waals surface area (Å²) in [6, 6.07) is 17.8. The highest BCUT2D eigenvalue weighted by Crippen LogP contribution is 2.68. The van der Waals surface area contributed by atoms with Crippen LogP contribution in [-0.4, -0.2) is 46.6 Å². The number of hydrogen-bond acceptors (Lipinski definition) is 7. The van der Waals surface area contributed by atoms with Gasteiger partial charge in [0.05, 0.1) is 32.9 Å². The highest BCUT2D eigenvalue weighted by Gasteiger charge is 2.76. The molecule has 0 radical (unpaired) electrons. The van der Waals surface area contributed by atoms with E-state index in [0.29, 0.717) is 17.1 Å². The van der Waals surface area contributed by atoms with Crippen LogP contribution in [0.4, 0.5) is 0 Å². The summed E-state index contributed by atoms with van der Waals surface area (Å²) in [5, 5.41) is 33.7. The molecular weight excluding hydrogens is 438 g/mol. The van der Waals surface area contributed by atoms with Crippen LogP contribution in [0, 0.1) is 5.92 Å². The highest BCUT2D eigenvalue weighted by atomic mass is 16.5. The molecule has 34 heavy (non-hydrogen) atoms. The number of carboxylic acid groups (broad SMARTS) is 1. The predicted molar refractivity (Wildman–Crippen MR) is 121 cm³/mol. The van der Waals surface area contributed by atoms with Gasteiger partial charge in [-0.25, -0.2) is 0 Å². The number of nitrogens with zero attached hydrogens (tertiary/aromatic N) is 1. The van der Waals surface area contributed by atoms with Crippen molar-refractivity contribution in [1.29, 1.82) is 0 Å². The van der Waals surface area contributed by atoms with Gasteiger partial charge >= 0.3 is 5.97 Å². The second-order valence-corrected chi connectivity index (χ2v) is 8.65. The number of carboxylic acids is 1. The zero-order valence-corrected chi connectivity index (χ0v) is 18.7. The Morgan fingerprint density at radius 1 is 1.06 bits per heavy atom. The van der Waals surface area contributed by atoms with E-state index in [1.165, 1.54) is 13.3 Å². The summed E-state index contributed by atoms with van der Waals surface area (Å²) in [4.78, 5) is 16.3. The Morgan fingerprint density at radius 3 is 2.35 bits per heavy atom. The monoisotopic (exact) mass is 463 g/mol. The second kappa shape index (κ2) is 8.00. The summed E-state index contributed by atoms with van der Waals surface area (Å²) >= 11 is 0. The van der Waals surface area contributed by atoms with Gasteiger partial charge < -0.3 is 29.5 Å². The zero-order chi connectivity index (χ0) is 24.1. The SMILES string of the molecule is COc1ccc([C@@]23Oc4cc(OC)cnc4[C@]2(O)[C@H](O)[C@H](CC(=O)O)[C@H]3c2ccccc2)cc1. The van der Waals surface area contributed by atoms with Crippen LogP contribution in [0.2, 0.25) is 0 Å². The number of methoxy groups -OCH3 is 2. The summed E-state index contributed by atoms with van der Waals surface area (Å²) in [5.41, 5.74) is -2.13. The number of aliphatic hydroxyl groups is 2. The Labute approximate surface area is 196 Å². The smallest absolute Gasteiger partial charge is 0.303 e. The van der Waals surface area contributed by atoms with Crippen LogP contribution >= 0.6 is 0 Å². The van der Waals surface area contributed by atoms with E-state index in [2.05, 4.69) is 4.98 Å². The molecular formula is C26H25NO7. The van der Waals surface area contributed by atoms with E-state index >= 15 is 0 Å². The molecule has 0 unspecified atom stereocenters. The number of pyridine rings is 1. The van der Waals surface area contributed by atoms with Crippen molar-refractivity contribution in [3.8, 4) is 17.2 Å². The second-order valence-electron chi connectivity index (χ2n) is 8.65. The number of carbonyl (C=O) groups is 1. The molecule has 3 N–H and O–H groups in total. The van der Waals surface area contributed by atoms with Gasteiger partial charge in [0.15, 0.2) is 11.2 Å². The Balaban J connectivity index is 1.82. The third-order valence-corrected chi connectivity index (χ3v) is 7.05. The standard InChI is InChI=1S/C26H25NO7/c1-32-17-10-8-16(9-11-17)26-22(15-6-4-3-5-7-15)19(13-21(28)29)24(30)25(26,31)23-20(34-26)12-18(33-2)14-27-23/h3-12,14,19,22,24,30-31H,13H2,1-2H3,(H,28,29)/t19-,22-,24-,25+,26+/m1/s1. The van der Waals surface area contributed by atoms with Crippen LogP contribution in [0.3, 0.4) is 0 Å². The number of hydrogen-bond donors (Lipinski definition) is 3. The summed E-state index contributed by atoms with van der Waals surface area (Å²) in [5.74, 6) is -1.34. The van der Waals surface area contributed by atoms with Gasteiger partial charge in [-0.2, -0.15) is 0 Å². The quantitative estimate of drug-likeness (QED) is 0.511. The van der Waals surface area contributed by atoms with Crippen molar-refractivity contribution in [3.63, 3.8) is 0 Å². The number of fused-ring (bicyclic) bond motifs is 3. The molecule has 0 spiro atoms. The van der Waals surface area contributed by atoms with E-state index in [0.717, 1.165) is 5.56 Å². The fourth-order valence-corrected chi connectivity index (χ4v) is 5.65. The molecule has 2 heterocycles. The van der Waals surface area contributed by atoms with E-state index in [1.54, 1.807) is 37.4 Å². The van der Waals surface area contributed by atoms with E-state index in [1.807, 2.05) is 30.3 Å². The van der Waals surface area contributed by atoms with E-state index in [-0.39, 0.29) is 17.9 Å². The van der Waals surface area contributed by atoms with Gasteiger partial charge in [0.2, 0.25) is 0 Å². The lowest BCUT2D eigenvalue weighted by Gasteiger charge is -2.40. The third-order valence-electron chi connectivity index (χ3n) is 7.05. The van der Waals surface area contributed by atoms with Crippen molar-refractivity contribution in [2.75, 3.05) is 14.2 Å². The van der Waals surface area contributed by atoms with Crippen molar-refractivity contribution < 1.29 is 34.3 Å². The summed E-state index contributed by atoms with van der Waals surface area (Å²) in [6.45, 7) is 0. The lowest BCUT2D eigenvalue weighted by molar-refractivity contribution is -0.155. The van der Waals surface area contributed by atoms with Gasteiger partial charge in [0.1, 0.15) is 22.9 Å². The maximum atomic E-state index is 12.4. The molecule has 2 aromatic carbocycles. The third kappa shape index (κ3) is 2.92. The Hall–Kier alpha value is -3.62. The van der Waals surface area contributed by atoms with E-state index in [4.69, 9.17) is 14.2 Å². The van der Waals surface area contributed by atoms with Crippen LogP contribution in [0.25, 0.3) is 0 Å². The molecule has 1 aliphatic heterocycles. The minimum Gasteiger partial charge on any atom is -0.497 e. The lowest BCUT2D eigenvalue weighted by atomic mass is 9.71. The van der Waals surface area contributed by atoms with Gasteiger partial charge in [-0.3, -0.25) is 9.78 Å². The van der Waals surface area contributed by atoms with Crippen LogP contribution in [0.15, 0.2) is 66.9 Å². The van der Waals surface area contributed by atoms with Gasteiger partial charge in [-0.1, -0.05) is 42.5 Å². The molecule has 8 heteroatoms. The van der Waals surface area contributed by atoms with E-state index in [9.17, 15) is 20.1 Å². The number of ether oxygens (including phenoxy) is 3. The highest BCUT2D eigenvalue weighted by molar-refractivity contribution is 5.68. The topological polar surface area (TPSA) is 118 Å². The Morgan fingerprint density at radius 2 is 1.74 bits per heavy atom. The molecule has 3 aromatic rings. The molecule has 0 saturated heterocycles. The Bertz CT molecular complexity index is 1220. The lowest BCUT2D eigenvalue weighted by Crippen LogP contribution is -2.52. The molecule has 1 saturated carbocycles. The molecule has 1 fully saturated rings. The number of benzene rings is 2. The van der Waals surface area contributed by atoms with Gasteiger partial charge in [-0.15, -0.1) is 0 Å². The fraction of sp³-hybridized carbons (Fsp3) is 0.308. The summed E-state index contributed by atoms with van der Waals surface area (Å²) in [7, 11) is 3.05. The number of aliphatic hydroxyl groups excluding tert-OH is 1. The minimum atomic E-state index is -2.02. The van der Waals surface area contributed by atoms with Crippen molar-refractivity contribution in [2.45, 2.75) is 29.6 Å². The van der Waals surface area contributed by atoms with Crippen LogP contribution in [0.1, 0.15) is 29.2 Å². The van der Waals surface area contributed by atoms with Gasteiger partial charge in [0, 0.05) is 17.9 Å². The van der Waals surface area contributed by atoms with Crippen LogP contribution < -0.4 is 14.2 Å². The van der Waals surface area contributed by atoms with Crippen molar-refractivity contribution in [1.82, 2.24) is 4.98 Å². The first-order valence-corrected chi connectivity index (χ1v) is 10.9. The minimum absolute atomic E-state index is 0.144. The fourth-order valence-electron chi connectivity index (χ4n) is 5.65. The predicted octanol–water partition coefficient (Wildman–Crippen LogP) is 2.82. The largest absolute Gasteiger partial charge is 0.497 e. The average Bonchev–Trinajstić information content (AvgIpc) is 3.22. The molecule has 1 aromatic heterocycles. The van der Waals surface area contributed by atoms with Crippen molar-refractivity contribution >= 4 is 5.97 Å². The first-order chi connectivity index (χ1) is 16.4. The first-order valence-electron chi connectivity index (χ1n) is 10.9. The normalized spacial score (nSPS) is 29.1. The molecule has 5 rings (SSSR count). The summed E-state index contributed by atoms with van der Waals surface area (Å²) < 4.78 is 17.2. The average molecular weight is 463 g/mol. The van der Waals surface area contributed by atoms with Gasteiger partial charge in [-0.05, 0) is 23.3 Å². The summed E-state index contributed by atoms with van der Waals surface area (Å²) in [6.07, 6.45) is -0.396. The van der Waals surface area contributed by atoms with Crippen molar-refractivity contribution in [2.24, 2.45) is 5.92 Å².